The van der Waals surface area contributed by atoms with Crippen LogP contribution in [-0.2, 0) is 9.53 Å². The van der Waals surface area contributed by atoms with Gasteiger partial charge in [0, 0.05) is 0 Å². The maximum Gasteiger partial charge on any atom is 0.344 e. The van der Waals surface area contributed by atoms with E-state index in [9.17, 15) is 9.18 Å². The standard InChI is InChI=1S/C7H7FN2O3/c1-12-6(11)4-13-7-9-2-5(8)3-10-7/h2-3H,4H2,1H3. The van der Waals surface area contributed by atoms with Crippen molar-refractivity contribution in [2.75, 3.05) is 13.7 Å². The van der Waals surface area contributed by atoms with Crippen LogP contribution in [-0.4, -0.2) is 29.7 Å². The predicted molar refractivity (Wildman–Crippen MR) is 39.5 cm³/mol. The van der Waals surface area contributed by atoms with Gasteiger partial charge in [0.25, 0.3) is 0 Å². The van der Waals surface area contributed by atoms with E-state index in [1.165, 1.54) is 7.11 Å². The number of ether oxygens (including phenoxy) is 2. The Bertz CT molecular complexity index is 288. The fraction of sp³-hybridized carbons (Fsp3) is 0.286. The first-order valence-electron chi connectivity index (χ1n) is 3.39. The molecule has 1 aromatic rings. The van der Waals surface area contributed by atoms with Crippen molar-refractivity contribution < 1.29 is 18.7 Å². The van der Waals surface area contributed by atoms with Gasteiger partial charge >= 0.3 is 12.0 Å². The molecule has 0 saturated carbocycles. The fourth-order valence-corrected chi connectivity index (χ4v) is 0.557. The lowest BCUT2D eigenvalue weighted by Crippen LogP contribution is -2.13. The molecule has 70 valence electrons. The molecule has 0 bridgehead atoms. The van der Waals surface area contributed by atoms with Gasteiger partial charge in [0.2, 0.25) is 0 Å². The van der Waals surface area contributed by atoms with Gasteiger partial charge in [-0.2, -0.15) is 0 Å². The second-order valence-electron chi connectivity index (χ2n) is 2.05. The van der Waals surface area contributed by atoms with Crippen LogP contribution in [0.25, 0.3) is 0 Å². The van der Waals surface area contributed by atoms with Crippen LogP contribution in [0, 0.1) is 5.82 Å². The van der Waals surface area contributed by atoms with E-state index < -0.39 is 11.8 Å². The molecule has 0 atom stereocenters. The van der Waals surface area contributed by atoms with Gasteiger partial charge in [0.1, 0.15) is 0 Å². The van der Waals surface area contributed by atoms with Gasteiger partial charge < -0.3 is 9.47 Å². The number of rotatable bonds is 3. The van der Waals surface area contributed by atoms with Crippen molar-refractivity contribution in [3.63, 3.8) is 0 Å². The number of nitrogens with zero attached hydrogens (tertiary/aromatic N) is 2. The highest BCUT2D eigenvalue weighted by atomic mass is 19.1. The summed E-state index contributed by atoms with van der Waals surface area (Å²) in [5.41, 5.74) is 0. The van der Waals surface area contributed by atoms with Crippen molar-refractivity contribution in [2.24, 2.45) is 0 Å². The quantitative estimate of drug-likeness (QED) is 0.629. The summed E-state index contributed by atoms with van der Waals surface area (Å²) < 4.78 is 21.3. The summed E-state index contributed by atoms with van der Waals surface area (Å²) in [6.45, 7) is -0.290. The van der Waals surface area contributed by atoms with Crippen LogP contribution in [0.2, 0.25) is 0 Å². The summed E-state index contributed by atoms with van der Waals surface area (Å²) in [4.78, 5) is 17.5. The summed E-state index contributed by atoms with van der Waals surface area (Å²) >= 11 is 0. The molecule has 0 saturated heterocycles. The molecular formula is C7H7FN2O3. The number of aromatic nitrogens is 2. The van der Waals surface area contributed by atoms with Crippen LogP contribution in [0.15, 0.2) is 12.4 Å². The van der Waals surface area contributed by atoms with Crippen molar-refractivity contribution in [3.05, 3.63) is 18.2 Å². The number of hydrogen-bond acceptors (Lipinski definition) is 5. The Labute approximate surface area is 73.5 Å². The summed E-state index contributed by atoms with van der Waals surface area (Å²) in [7, 11) is 1.23. The molecule has 0 N–H and O–H groups in total. The average molecular weight is 186 g/mol. The first kappa shape index (κ1) is 9.37. The first-order chi connectivity index (χ1) is 6.22. The Hall–Kier alpha value is -1.72. The zero-order chi connectivity index (χ0) is 9.68. The number of hydrogen-bond donors (Lipinski definition) is 0. The second kappa shape index (κ2) is 4.34. The highest BCUT2D eigenvalue weighted by molar-refractivity contribution is 5.70. The van der Waals surface area contributed by atoms with Gasteiger partial charge in [0.15, 0.2) is 12.4 Å². The average Bonchev–Trinajstić information content (AvgIpc) is 2.16. The molecule has 1 aromatic heterocycles. The van der Waals surface area contributed by atoms with Gasteiger partial charge in [-0.1, -0.05) is 0 Å². The summed E-state index contributed by atoms with van der Waals surface area (Å²) in [5.74, 6) is -1.11. The topological polar surface area (TPSA) is 61.3 Å². The molecule has 6 heteroatoms. The van der Waals surface area contributed by atoms with Crippen LogP contribution < -0.4 is 4.74 Å². The third-order valence-corrected chi connectivity index (χ3v) is 1.14. The Balaban J connectivity index is 2.46. The van der Waals surface area contributed by atoms with Gasteiger partial charge in [-0.15, -0.1) is 0 Å². The third-order valence-electron chi connectivity index (χ3n) is 1.14. The highest BCUT2D eigenvalue weighted by Gasteiger charge is 2.03. The van der Waals surface area contributed by atoms with Crippen molar-refractivity contribution in [1.82, 2.24) is 9.97 Å². The molecule has 0 aliphatic carbocycles. The molecule has 0 aliphatic heterocycles. The Morgan fingerprint density at radius 3 is 2.69 bits per heavy atom. The van der Waals surface area contributed by atoms with E-state index in [1.54, 1.807) is 0 Å². The van der Waals surface area contributed by atoms with E-state index in [0.717, 1.165) is 12.4 Å². The molecule has 0 aliphatic rings. The maximum atomic E-state index is 12.3. The molecule has 0 spiro atoms. The van der Waals surface area contributed by atoms with Crippen LogP contribution in [0.3, 0.4) is 0 Å². The van der Waals surface area contributed by atoms with Gasteiger partial charge in [0.05, 0.1) is 19.5 Å². The molecule has 0 radical (unpaired) electrons. The van der Waals surface area contributed by atoms with E-state index in [-0.39, 0.29) is 12.6 Å². The Morgan fingerprint density at radius 2 is 2.15 bits per heavy atom. The molecule has 13 heavy (non-hydrogen) atoms. The van der Waals surface area contributed by atoms with Crippen molar-refractivity contribution in [3.8, 4) is 6.01 Å². The van der Waals surface area contributed by atoms with Gasteiger partial charge in [-0.3, -0.25) is 0 Å². The van der Waals surface area contributed by atoms with E-state index in [0.29, 0.717) is 0 Å². The normalized spacial score (nSPS) is 9.38. The molecule has 1 rings (SSSR count). The molecule has 5 nitrogen and oxygen atoms in total. The van der Waals surface area contributed by atoms with E-state index in [2.05, 4.69) is 14.7 Å². The monoisotopic (exact) mass is 186 g/mol. The predicted octanol–water partition coefficient (Wildman–Crippen LogP) is 0.167. The lowest BCUT2D eigenvalue weighted by Gasteiger charge is -2.00. The SMILES string of the molecule is COC(=O)COc1ncc(F)cn1. The van der Waals surface area contributed by atoms with E-state index in [1.807, 2.05) is 0 Å². The van der Waals surface area contributed by atoms with Crippen molar-refractivity contribution >= 4 is 5.97 Å². The number of carbonyl (C=O) groups is 1. The van der Waals surface area contributed by atoms with E-state index >= 15 is 0 Å². The zero-order valence-electron chi connectivity index (χ0n) is 6.86. The van der Waals surface area contributed by atoms with Crippen LogP contribution in [0.5, 0.6) is 6.01 Å². The number of methoxy groups -OCH3 is 1. The zero-order valence-corrected chi connectivity index (χ0v) is 6.86. The molecule has 0 aromatic carbocycles. The number of carbonyl (C=O) groups excluding carboxylic acids is 1. The minimum Gasteiger partial charge on any atom is -0.466 e. The molecule has 0 amide bonds. The Kier molecular flexibility index (Phi) is 3.13. The van der Waals surface area contributed by atoms with E-state index in [4.69, 9.17) is 4.74 Å². The largest absolute Gasteiger partial charge is 0.466 e. The lowest BCUT2D eigenvalue weighted by molar-refractivity contribution is -0.143. The minimum atomic E-state index is -0.564. The van der Waals surface area contributed by atoms with Gasteiger partial charge in [-0.05, 0) is 0 Å². The fourth-order valence-electron chi connectivity index (χ4n) is 0.557. The summed E-state index contributed by atoms with van der Waals surface area (Å²) in [6.07, 6.45) is 1.89. The van der Waals surface area contributed by atoms with Crippen LogP contribution >= 0.6 is 0 Å². The maximum absolute atomic E-state index is 12.3. The van der Waals surface area contributed by atoms with Crippen molar-refractivity contribution in [2.45, 2.75) is 0 Å². The molecule has 0 unspecified atom stereocenters. The Morgan fingerprint density at radius 1 is 1.54 bits per heavy atom. The van der Waals surface area contributed by atoms with Crippen LogP contribution in [0.4, 0.5) is 4.39 Å². The lowest BCUT2D eigenvalue weighted by atomic mass is 10.6. The number of esters is 1. The molecule has 0 fully saturated rings. The number of halogens is 1. The van der Waals surface area contributed by atoms with Crippen molar-refractivity contribution in [1.29, 1.82) is 0 Å². The second-order valence-corrected chi connectivity index (χ2v) is 2.05. The summed E-state index contributed by atoms with van der Waals surface area (Å²) in [5, 5.41) is 0. The van der Waals surface area contributed by atoms with Gasteiger partial charge in [-0.25, -0.2) is 19.2 Å². The summed E-state index contributed by atoms with van der Waals surface area (Å²) in [6, 6.07) is -0.0631. The van der Waals surface area contributed by atoms with Crippen LogP contribution in [0.1, 0.15) is 0 Å². The third kappa shape index (κ3) is 3.02. The minimum absolute atomic E-state index is 0.0631. The molecular weight excluding hydrogens is 179 g/mol. The first-order valence-corrected chi connectivity index (χ1v) is 3.39. The highest BCUT2D eigenvalue weighted by Crippen LogP contribution is 2.00. The smallest absolute Gasteiger partial charge is 0.344 e. The molecule has 1 heterocycles.